The molecule has 1 fully saturated rings. The third-order valence-corrected chi connectivity index (χ3v) is 6.78. The van der Waals surface area contributed by atoms with E-state index in [9.17, 15) is 13.2 Å². The van der Waals surface area contributed by atoms with Gasteiger partial charge in [-0.25, -0.2) is 8.42 Å². The molecule has 0 atom stereocenters. The number of amides is 1. The third kappa shape index (κ3) is 4.15. The average Bonchev–Trinajstić information content (AvgIpc) is 2.78. The molecule has 1 saturated heterocycles. The predicted molar refractivity (Wildman–Crippen MR) is 107 cm³/mol. The van der Waals surface area contributed by atoms with Crippen LogP contribution >= 0.6 is 0 Å². The fourth-order valence-electron chi connectivity index (χ4n) is 3.25. The molecule has 0 unspecified atom stereocenters. The second-order valence-electron chi connectivity index (χ2n) is 6.41. The highest BCUT2D eigenvalue weighted by Crippen LogP contribution is 2.30. The van der Waals surface area contributed by atoms with E-state index in [4.69, 9.17) is 14.2 Å². The van der Waals surface area contributed by atoms with Gasteiger partial charge < -0.3 is 19.1 Å². The van der Waals surface area contributed by atoms with Gasteiger partial charge in [0.05, 0.1) is 26.2 Å². The van der Waals surface area contributed by atoms with E-state index in [0.717, 1.165) is 0 Å². The third-order valence-electron chi connectivity index (χ3n) is 4.86. The lowest BCUT2D eigenvalue weighted by Gasteiger charge is -2.34. The summed E-state index contributed by atoms with van der Waals surface area (Å²) in [5, 5.41) is 0. The quantitative estimate of drug-likeness (QED) is 0.709. The zero-order chi connectivity index (χ0) is 21.0. The summed E-state index contributed by atoms with van der Waals surface area (Å²) in [6.45, 7) is 0.958. The molecule has 0 aromatic heterocycles. The largest absolute Gasteiger partial charge is 0.497 e. The molecule has 0 spiro atoms. The highest BCUT2D eigenvalue weighted by molar-refractivity contribution is 7.89. The number of methoxy groups -OCH3 is 3. The van der Waals surface area contributed by atoms with Gasteiger partial charge in [0.25, 0.3) is 5.91 Å². The molecule has 1 aliphatic heterocycles. The van der Waals surface area contributed by atoms with Gasteiger partial charge in [-0.3, -0.25) is 4.79 Å². The minimum absolute atomic E-state index is 0.199. The minimum atomic E-state index is -3.64. The molecule has 29 heavy (non-hydrogen) atoms. The summed E-state index contributed by atoms with van der Waals surface area (Å²) < 4.78 is 42.8. The summed E-state index contributed by atoms with van der Waals surface area (Å²) in [5.74, 6) is 1.18. The number of nitrogens with zero attached hydrogens (tertiary/aromatic N) is 2. The van der Waals surface area contributed by atoms with E-state index in [1.807, 2.05) is 0 Å². The van der Waals surface area contributed by atoms with Crippen LogP contribution in [0.5, 0.6) is 17.2 Å². The zero-order valence-electron chi connectivity index (χ0n) is 16.6. The van der Waals surface area contributed by atoms with Gasteiger partial charge in [0.2, 0.25) is 10.0 Å². The van der Waals surface area contributed by atoms with Gasteiger partial charge in [-0.05, 0) is 36.4 Å². The lowest BCUT2D eigenvalue weighted by Crippen LogP contribution is -2.50. The number of rotatable bonds is 6. The van der Waals surface area contributed by atoms with Crippen molar-refractivity contribution < 1.29 is 27.4 Å². The SMILES string of the molecule is COc1ccc(S(=O)(=O)N2CCN(C(=O)c3c(OC)cccc3OC)CC2)cc1. The van der Waals surface area contributed by atoms with E-state index in [2.05, 4.69) is 0 Å². The van der Waals surface area contributed by atoms with E-state index in [-0.39, 0.29) is 37.0 Å². The van der Waals surface area contributed by atoms with E-state index in [1.165, 1.54) is 37.8 Å². The number of hydrogen-bond acceptors (Lipinski definition) is 6. The fourth-order valence-corrected chi connectivity index (χ4v) is 4.67. The highest BCUT2D eigenvalue weighted by atomic mass is 32.2. The first-order valence-electron chi connectivity index (χ1n) is 9.07. The van der Waals surface area contributed by atoms with Gasteiger partial charge in [0.1, 0.15) is 22.8 Å². The van der Waals surface area contributed by atoms with Crippen LogP contribution in [-0.2, 0) is 10.0 Å². The van der Waals surface area contributed by atoms with Crippen molar-refractivity contribution in [3.05, 3.63) is 48.0 Å². The van der Waals surface area contributed by atoms with Gasteiger partial charge in [-0.1, -0.05) is 6.07 Å². The van der Waals surface area contributed by atoms with Crippen LogP contribution in [0.3, 0.4) is 0 Å². The van der Waals surface area contributed by atoms with E-state index < -0.39 is 10.0 Å². The number of carbonyl (C=O) groups is 1. The van der Waals surface area contributed by atoms with Crippen molar-refractivity contribution in [1.82, 2.24) is 9.21 Å². The second-order valence-corrected chi connectivity index (χ2v) is 8.35. The Balaban J connectivity index is 1.74. The van der Waals surface area contributed by atoms with Crippen LogP contribution in [-0.4, -0.2) is 71.0 Å². The smallest absolute Gasteiger partial charge is 0.261 e. The van der Waals surface area contributed by atoms with Crippen molar-refractivity contribution in [1.29, 1.82) is 0 Å². The predicted octanol–water partition coefficient (Wildman–Crippen LogP) is 1.86. The Morgan fingerprint density at radius 1 is 0.828 bits per heavy atom. The van der Waals surface area contributed by atoms with Crippen LogP contribution in [0.15, 0.2) is 47.4 Å². The van der Waals surface area contributed by atoms with Crippen LogP contribution in [0.4, 0.5) is 0 Å². The normalized spacial score (nSPS) is 15.1. The molecule has 8 nitrogen and oxygen atoms in total. The Hall–Kier alpha value is -2.78. The molecule has 0 radical (unpaired) electrons. The van der Waals surface area contributed by atoms with E-state index >= 15 is 0 Å². The molecule has 0 saturated carbocycles. The van der Waals surface area contributed by atoms with Gasteiger partial charge >= 0.3 is 0 Å². The molecule has 9 heteroatoms. The lowest BCUT2D eigenvalue weighted by atomic mass is 10.1. The molecular formula is C20H24N2O6S. The Morgan fingerprint density at radius 2 is 1.38 bits per heavy atom. The Bertz CT molecular complexity index is 945. The summed E-state index contributed by atoms with van der Waals surface area (Å²) in [5.41, 5.74) is 0.337. The summed E-state index contributed by atoms with van der Waals surface area (Å²) in [7, 11) is 0.870. The lowest BCUT2D eigenvalue weighted by molar-refractivity contribution is 0.0691. The molecule has 1 amide bonds. The number of carbonyl (C=O) groups excluding carboxylic acids is 1. The van der Waals surface area contributed by atoms with Crippen LogP contribution < -0.4 is 14.2 Å². The average molecular weight is 420 g/mol. The molecule has 3 rings (SSSR count). The van der Waals surface area contributed by atoms with Crippen molar-refractivity contribution in [2.75, 3.05) is 47.5 Å². The van der Waals surface area contributed by atoms with E-state index in [0.29, 0.717) is 22.8 Å². The van der Waals surface area contributed by atoms with Gasteiger partial charge in [0, 0.05) is 26.2 Å². The Labute approximate surface area is 170 Å². The summed E-state index contributed by atoms with van der Waals surface area (Å²) in [6, 6.07) is 11.4. The summed E-state index contributed by atoms with van der Waals surface area (Å²) in [6.07, 6.45) is 0. The highest BCUT2D eigenvalue weighted by Gasteiger charge is 2.32. The number of ether oxygens (including phenoxy) is 3. The van der Waals surface area contributed by atoms with Crippen molar-refractivity contribution in [3.63, 3.8) is 0 Å². The standard InChI is InChI=1S/C20H24N2O6S/c1-26-15-7-9-16(10-8-15)29(24,25)22-13-11-21(12-14-22)20(23)19-17(27-2)5-4-6-18(19)28-3/h4-10H,11-14H2,1-3H3. The number of piperazine rings is 1. The van der Waals surface area contributed by atoms with Crippen LogP contribution in [0.2, 0.25) is 0 Å². The Morgan fingerprint density at radius 3 is 1.86 bits per heavy atom. The number of sulfonamides is 1. The van der Waals surface area contributed by atoms with Crippen molar-refractivity contribution >= 4 is 15.9 Å². The van der Waals surface area contributed by atoms with Gasteiger partial charge in [-0.2, -0.15) is 4.31 Å². The van der Waals surface area contributed by atoms with Crippen LogP contribution in [0, 0.1) is 0 Å². The summed E-state index contributed by atoms with van der Waals surface area (Å²) >= 11 is 0. The number of hydrogen-bond donors (Lipinski definition) is 0. The van der Waals surface area contributed by atoms with Gasteiger partial charge in [-0.15, -0.1) is 0 Å². The molecule has 0 N–H and O–H groups in total. The molecule has 0 aliphatic carbocycles. The van der Waals surface area contributed by atoms with Gasteiger partial charge in [0.15, 0.2) is 0 Å². The Kier molecular flexibility index (Phi) is 6.29. The summed E-state index contributed by atoms with van der Waals surface area (Å²) in [4.78, 5) is 14.9. The minimum Gasteiger partial charge on any atom is -0.497 e. The van der Waals surface area contributed by atoms with E-state index in [1.54, 1.807) is 35.2 Å². The maximum Gasteiger partial charge on any atom is 0.261 e. The second kappa shape index (κ2) is 8.71. The van der Waals surface area contributed by atoms with Crippen LogP contribution in [0.1, 0.15) is 10.4 Å². The van der Waals surface area contributed by atoms with Crippen molar-refractivity contribution in [2.45, 2.75) is 4.90 Å². The molecule has 2 aromatic rings. The molecule has 1 heterocycles. The molecule has 1 aliphatic rings. The molecular weight excluding hydrogens is 396 g/mol. The zero-order valence-corrected chi connectivity index (χ0v) is 17.4. The maximum absolute atomic E-state index is 13.0. The molecule has 2 aromatic carbocycles. The molecule has 156 valence electrons. The molecule has 0 bridgehead atoms. The maximum atomic E-state index is 13.0. The first-order chi connectivity index (χ1) is 13.9. The fraction of sp³-hybridized carbons (Fsp3) is 0.350. The number of benzene rings is 2. The topological polar surface area (TPSA) is 85.4 Å². The monoisotopic (exact) mass is 420 g/mol. The van der Waals surface area contributed by atoms with Crippen molar-refractivity contribution in [3.8, 4) is 17.2 Å². The van der Waals surface area contributed by atoms with Crippen LogP contribution in [0.25, 0.3) is 0 Å². The first kappa shape index (κ1) is 20.9. The first-order valence-corrected chi connectivity index (χ1v) is 10.5. The van der Waals surface area contributed by atoms with Crippen molar-refractivity contribution in [2.24, 2.45) is 0 Å².